The predicted octanol–water partition coefficient (Wildman–Crippen LogP) is 2.74. The Labute approximate surface area is 239 Å². The third kappa shape index (κ3) is 6.39. The third-order valence-corrected chi connectivity index (χ3v) is 8.90. The number of hydrogen-bond acceptors (Lipinski definition) is 6. The molecule has 0 saturated carbocycles. The second-order valence-electron chi connectivity index (χ2n) is 10.7. The minimum Gasteiger partial charge on any atom is -0.381 e. The number of aromatic nitrogens is 2. The van der Waals surface area contributed by atoms with Gasteiger partial charge in [0, 0.05) is 24.0 Å². The summed E-state index contributed by atoms with van der Waals surface area (Å²) in [6.07, 6.45) is 0.127. The van der Waals surface area contributed by atoms with E-state index in [0.717, 1.165) is 16.7 Å². The monoisotopic (exact) mass is 563 g/mol. The van der Waals surface area contributed by atoms with Gasteiger partial charge in [-0.3, -0.25) is 19.1 Å². The molecule has 0 aliphatic carbocycles. The second-order valence-corrected chi connectivity index (χ2v) is 12.3. The Balaban J connectivity index is 1.55. The summed E-state index contributed by atoms with van der Waals surface area (Å²) >= 11 is 1.48. The van der Waals surface area contributed by atoms with E-state index < -0.39 is 34.7 Å². The van der Waals surface area contributed by atoms with E-state index in [1.807, 2.05) is 75.4 Å². The van der Waals surface area contributed by atoms with E-state index in [0.29, 0.717) is 17.8 Å². The molecule has 1 fully saturated rings. The van der Waals surface area contributed by atoms with Gasteiger partial charge in [-0.25, -0.2) is 0 Å². The average Bonchev–Trinajstić information content (AvgIpc) is 3.44. The SMILES string of the molecule is Cc1ccccc1CNC(=O)C1N(C(=O)C(O)C(Cc2ccccc2)NC(=O)c2cnn(C)c2C)CSC1(C)C. The van der Waals surface area contributed by atoms with Crippen LogP contribution < -0.4 is 10.6 Å². The summed E-state index contributed by atoms with van der Waals surface area (Å²) in [4.78, 5) is 41.9. The molecule has 3 aromatic rings. The quantitative estimate of drug-likeness (QED) is 0.369. The molecule has 3 atom stereocenters. The van der Waals surface area contributed by atoms with Crippen molar-refractivity contribution in [2.75, 3.05) is 5.88 Å². The third-order valence-electron chi connectivity index (χ3n) is 7.52. The minimum absolute atomic E-state index is 0.229. The molecule has 1 saturated heterocycles. The van der Waals surface area contributed by atoms with Gasteiger partial charge in [0.05, 0.1) is 23.7 Å². The topological polar surface area (TPSA) is 117 Å². The Bertz CT molecular complexity index is 1370. The fourth-order valence-electron chi connectivity index (χ4n) is 4.92. The number of nitrogens with zero attached hydrogens (tertiary/aromatic N) is 3. The Morgan fingerprint density at radius 1 is 1.10 bits per heavy atom. The number of benzene rings is 2. The average molecular weight is 564 g/mol. The van der Waals surface area contributed by atoms with Crippen LogP contribution in [0.4, 0.5) is 0 Å². The number of carbonyl (C=O) groups is 3. The number of rotatable bonds is 9. The zero-order chi connectivity index (χ0) is 29.0. The highest BCUT2D eigenvalue weighted by atomic mass is 32.2. The molecule has 212 valence electrons. The van der Waals surface area contributed by atoms with Gasteiger partial charge in [0.1, 0.15) is 6.04 Å². The van der Waals surface area contributed by atoms with Crippen molar-refractivity contribution in [3.05, 3.63) is 88.7 Å². The first-order valence-electron chi connectivity index (χ1n) is 13.3. The molecule has 10 heteroatoms. The van der Waals surface area contributed by atoms with Crippen molar-refractivity contribution >= 4 is 29.5 Å². The summed E-state index contributed by atoms with van der Waals surface area (Å²) < 4.78 is 1.02. The summed E-state index contributed by atoms with van der Waals surface area (Å²) in [5, 5.41) is 21.4. The standard InChI is InChI=1S/C30H37N5O4S/c1-19-11-9-10-14-22(19)16-31-28(38)26-30(3,4)40-18-35(26)29(39)25(36)24(15-21-12-7-6-8-13-21)33-27(37)23-17-32-34(5)20(23)2/h6-14,17,24-26,36H,15-16,18H2,1-5H3,(H,31,38)(H,33,37). The van der Waals surface area contributed by atoms with E-state index in [9.17, 15) is 19.5 Å². The zero-order valence-electron chi connectivity index (χ0n) is 23.5. The van der Waals surface area contributed by atoms with E-state index in [2.05, 4.69) is 15.7 Å². The van der Waals surface area contributed by atoms with Gasteiger partial charge in [-0.2, -0.15) is 5.10 Å². The van der Waals surface area contributed by atoms with Crippen LogP contribution in [0.3, 0.4) is 0 Å². The van der Waals surface area contributed by atoms with Gasteiger partial charge in [-0.05, 0) is 50.8 Å². The largest absolute Gasteiger partial charge is 0.381 e. The van der Waals surface area contributed by atoms with Crippen molar-refractivity contribution in [1.82, 2.24) is 25.3 Å². The van der Waals surface area contributed by atoms with E-state index in [1.165, 1.54) is 22.9 Å². The minimum atomic E-state index is -1.57. The maximum atomic E-state index is 13.8. The van der Waals surface area contributed by atoms with Crippen LogP contribution in [0.5, 0.6) is 0 Å². The van der Waals surface area contributed by atoms with Crippen LogP contribution in [0.1, 0.15) is 46.6 Å². The predicted molar refractivity (Wildman–Crippen MR) is 156 cm³/mol. The highest BCUT2D eigenvalue weighted by Crippen LogP contribution is 2.40. The van der Waals surface area contributed by atoms with Crippen LogP contribution in [-0.4, -0.2) is 66.3 Å². The molecule has 2 heterocycles. The lowest BCUT2D eigenvalue weighted by molar-refractivity contribution is -0.147. The maximum Gasteiger partial charge on any atom is 0.255 e. The van der Waals surface area contributed by atoms with Gasteiger partial charge >= 0.3 is 0 Å². The summed E-state index contributed by atoms with van der Waals surface area (Å²) in [6.45, 7) is 7.94. The summed E-state index contributed by atoms with van der Waals surface area (Å²) in [5.74, 6) is -1.06. The molecule has 0 bridgehead atoms. The normalized spacial score (nSPS) is 17.8. The molecule has 1 aliphatic heterocycles. The molecular formula is C30H37N5O4S. The molecule has 3 unspecified atom stereocenters. The van der Waals surface area contributed by atoms with Gasteiger partial charge < -0.3 is 20.6 Å². The number of aliphatic hydroxyl groups excluding tert-OH is 1. The summed E-state index contributed by atoms with van der Waals surface area (Å²) in [5.41, 5.74) is 3.95. The van der Waals surface area contributed by atoms with E-state index >= 15 is 0 Å². The van der Waals surface area contributed by atoms with Gasteiger partial charge in [0.15, 0.2) is 6.10 Å². The van der Waals surface area contributed by atoms with Crippen LogP contribution in [0.2, 0.25) is 0 Å². The highest BCUT2D eigenvalue weighted by Gasteiger charge is 2.49. The lowest BCUT2D eigenvalue weighted by Crippen LogP contribution is -2.58. The van der Waals surface area contributed by atoms with Gasteiger partial charge in [0.25, 0.3) is 11.8 Å². The fourth-order valence-corrected chi connectivity index (χ4v) is 6.06. The van der Waals surface area contributed by atoms with Crippen LogP contribution in [-0.2, 0) is 29.6 Å². The highest BCUT2D eigenvalue weighted by molar-refractivity contribution is 8.00. The van der Waals surface area contributed by atoms with Crippen LogP contribution in [0.15, 0.2) is 60.8 Å². The molecule has 2 aromatic carbocycles. The van der Waals surface area contributed by atoms with Crippen molar-refractivity contribution < 1.29 is 19.5 Å². The molecule has 4 rings (SSSR count). The number of nitrogens with one attached hydrogen (secondary N) is 2. The number of aryl methyl sites for hydroxylation is 2. The number of carbonyl (C=O) groups excluding carboxylic acids is 3. The van der Waals surface area contributed by atoms with Crippen molar-refractivity contribution in [3.63, 3.8) is 0 Å². The molecule has 1 aromatic heterocycles. The fraction of sp³-hybridized carbons (Fsp3) is 0.400. The number of thioether (sulfide) groups is 1. The zero-order valence-corrected chi connectivity index (χ0v) is 24.4. The first-order valence-corrected chi connectivity index (χ1v) is 14.3. The number of hydrogen-bond donors (Lipinski definition) is 3. The Hall–Kier alpha value is -3.63. The summed E-state index contributed by atoms with van der Waals surface area (Å²) in [6, 6.07) is 15.4. The van der Waals surface area contributed by atoms with Crippen LogP contribution in [0, 0.1) is 13.8 Å². The van der Waals surface area contributed by atoms with Gasteiger partial charge in [0.2, 0.25) is 5.91 Å². The Morgan fingerprint density at radius 2 is 1.77 bits per heavy atom. The number of amides is 3. The second kappa shape index (κ2) is 12.3. The molecule has 0 radical (unpaired) electrons. The molecule has 0 spiro atoms. The van der Waals surface area contributed by atoms with Crippen molar-refractivity contribution in [2.45, 2.75) is 63.6 Å². The lowest BCUT2D eigenvalue weighted by atomic mass is 9.97. The van der Waals surface area contributed by atoms with Crippen molar-refractivity contribution in [3.8, 4) is 0 Å². The van der Waals surface area contributed by atoms with Crippen molar-refractivity contribution in [2.24, 2.45) is 7.05 Å². The molecule has 40 heavy (non-hydrogen) atoms. The van der Waals surface area contributed by atoms with Crippen molar-refractivity contribution in [1.29, 1.82) is 0 Å². The van der Waals surface area contributed by atoms with E-state index in [-0.39, 0.29) is 18.2 Å². The lowest BCUT2D eigenvalue weighted by Gasteiger charge is -2.33. The Kier molecular flexibility index (Phi) is 9.00. The van der Waals surface area contributed by atoms with Gasteiger partial charge in [-0.15, -0.1) is 11.8 Å². The molecule has 3 N–H and O–H groups in total. The maximum absolute atomic E-state index is 13.8. The smallest absolute Gasteiger partial charge is 0.255 e. The molecule has 9 nitrogen and oxygen atoms in total. The first kappa shape index (κ1) is 29.4. The first-order chi connectivity index (χ1) is 19.0. The number of aliphatic hydroxyl groups is 1. The summed E-state index contributed by atoms with van der Waals surface area (Å²) in [7, 11) is 1.74. The molecule has 3 amide bonds. The van der Waals surface area contributed by atoms with Crippen LogP contribution >= 0.6 is 11.8 Å². The van der Waals surface area contributed by atoms with Gasteiger partial charge in [-0.1, -0.05) is 54.6 Å². The van der Waals surface area contributed by atoms with E-state index in [4.69, 9.17) is 0 Å². The van der Waals surface area contributed by atoms with Crippen LogP contribution in [0.25, 0.3) is 0 Å². The molecular weight excluding hydrogens is 526 g/mol. The van der Waals surface area contributed by atoms with E-state index in [1.54, 1.807) is 18.7 Å². The Morgan fingerprint density at radius 3 is 2.42 bits per heavy atom. The molecule has 1 aliphatic rings.